The quantitative estimate of drug-likeness (QED) is 0.509. The molecule has 2 aliphatic heterocycles. The van der Waals surface area contributed by atoms with Crippen molar-refractivity contribution in [2.75, 3.05) is 24.2 Å². The molecule has 4 rings (SSSR count). The molecule has 9 nitrogen and oxygen atoms in total. The second-order valence-electron chi connectivity index (χ2n) is 10.0. The summed E-state index contributed by atoms with van der Waals surface area (Å²) in [6.07, 6.45) is 1.32. The normalized spacial score (nSPS) is 23.4. The summed E-state index contributed by atoms with van der Waals surface area (Å²) < 4.78 is 27.1. The zero-order valence-electron chi connectivity index (χ0n) is 18.9. The average molecular weight is 462 g/mol. The Morgan fingerprint density at radius 2 is 1.84 bits per heavy atom. The minimum Gasteiger partial charge on any atom is -0.382 e. The molecule has 0 aliphatic carbocycles. The molecule has 174 valence electrons. The van der Waals surface area contributed by atoms with Crippen molar-refractivity contribution >= 4 is 38.6 Å². The molecule has 0 unspecified atom stereocenters. The van der Waals surface area contributed by atoms with E-state index in [4.69, 9.17) is 0 Å². The van der Waals surface area contributed by atoms with E-state index >= 15 is 0 Å². The molecule has 0 spiro atoms. The number of amides is 3. The molecule has 2 saturated heterocycles. The van der Waals surface area contributed by atoms with Crippen molar-refractivity contribution in [2.24, 2.45) is 0 Å². The van der Waals surface area contributed by atoms with Crippen LogP contribution in [0.2, 0.25) is 0 Å². The van der Waals surface area contributed by atoms with Crippen LogP contribution in [-0.4, -0.2) is 60.1 Å². The summed E-state index contributed by atoms with van der Waals surface area (Å²) in [5.41, 5.74) is 1.89. The number of H-pyrrole nitrogens is 1. The first-order chi connectivity index (χ1) is 14.9. The van der Waals surface area contributed by atoms with Gasteiger partial charge in [-0.2, -0.15) is 0 Å². The Morgan fingerprint density at radius 1 is 1.16 bits per heavy atom. The molecule has 1 aromatic carbocycles. The van der Waals surface area contributed by atoms with Gasteiger partial charge in [0.15, 0.2) is 0 Å². The number of fused-ring (bicyclic) bond motifs is 1. The number of hydrogen-bond acceptors (Lipinski definition) is 5. The summed E-state index contributed by atoms with van der Waals surface area (Å²) in [4.78, 5) is 26.9. The molecule has 1 atom stereocenters. The fourth-order valence-electron chi connectivity index (χ4n) is 4.28. The number of benzene rings is 1. The number of hydrogen-bond donors (Lipinski definition) is 4. The van der Waals surface area contributed by atoms with Crippen LogP contribution in [-0.2, 0) is 20.2 Å². The molecule has 10 heteroatoms. The number of sulfonamides is 1. The number of nitrogens with zero attached hydrogens (tertiary/aromatic N) is 1. The maximum Gasteiger partial charge on any atom is 0.322 e. The summed E-state index contributed by atoms with van der Waals surface area (Å²) in [5, 5.41) is 9.20. The molecule has 3 amide bonds. The Labute approximate surface area is 188 Å². The molecular formula is C22H31N5O4S. The molecule has 4 N–H and O–H groups in total. The SMILES string of the molecule is CC(C)(C)c1cc2cc(NC3CCN(S(=O)(=O)C[C@@]4(C)NC(=O)NC4=O)CC3)ccc2[nH]1. The predicted octanol–water partition coefficient (Wildman–Crippen LogP) is 2.27. The van der Waals surface area contributed by atoms with Crippen LogP contribution < -0.4 is 16.0 Å². The second-order valence-corrected chi connectivity index (χ2v) is 12.0. The standard InChI is InChI=1S/C22H31N5O4S/c1-21(2,3)18-12-14-11-16(5-6-17(14)24-18)23-15-7-9-27(10-8-15)32(30,31)13-22(4)19(28)25-20(29)26-22/h5-6,11-12,15,23-24H,7-10,13H2,1-4H3,(H2,25,26,28,29)/t22-/m1/s1. The van der Waals surface area contributed by atoms with Crippen LogP contribution in [0.25, 0.3) is 10.9 Å². The largest absolute Gasteiger partial charge is 0.382 e. The van der Waals surface area contributed by atoms with E-state index in [1.54, 1.807) is 0 Å². The van der Waals surface area contributed by atoms with Crippen molar-refractivity contribution in [2.45, 2.75) is 57.5 Å². The monoisotopic (exact) mass is 461 g/mol. The molecule has 0 saturated carbocycles. The number of piperidine rings is 1. The number of urea groups is 1. The molecule has 1 aromatic heterocycles. The molecule has 3 heterocycles. The highest BCUT2D eigenvalue weighted by Crippen LogP contribution is 2.28. The Hall–Kier alpha value is -2.59. The highest BCUT2D eigenvalue weighted by Gasteiger charge is 2.46. The van der Waals surface area contributed by atoms with Gasteiger partial charge in [0.1, 0.15) is 5.54 Å². The van der Waals surface area contributed by atoms with Gasteiger partial charge in [-0.15, -0.1) is 0 Å². The molecule has 0 radical (unpaired) electrons. The van der Waals surface area contributed by atoms with E-state index in [2.05, 4.69) is 59.9 Å². The number of aromatic nitrogens is 1. The summed E-state index contributed by atoms with van der Waals surface area (Å²) in [7, 11) is -3.69. The predicted molar refractivity (Wildman–Crippen MR) is 124 cm³/mol. The van der Waals surface area contributed by atoms with Crippen LogP contribution in [0.3, 0.4) is 0 Å². The highest BCUT2D eigenvalue weighted by atomic mass is 32.2. The maximum absolute atomic E-state index is 12.9. The second kappa shape index (κ2) is 7.77. The van der Waals surface area contributed by atoms with Crippen molar-refractivity contribution in [1.82, 2.24) is 19.9 Å². The minimum absolute atomic E-state index is 0.0456. The van der Waals surface area contributed by atoms with Crippen molar-refractivity contribution in [3.05, 3.63) is 30.0 Å². The van der Waals surface area contributed by atoms with E-state index in [0.717, 1.165) is 16.6 Å². The zero-order valence-corrected chi connectivity index (χ0v) is 19.7. The number of imide groups is 1. The number of nitrogens with one attached hydrogen (secondary N) is 4. The first-order valence-electron chi connectivity index (χ1n) is 10.9. The topological polar surface area (TPSA) is 123 Å². The van der Waals surface area contributed by atoms with Crippen molar-refractivity contribution < 1.29 is 18.0 Å². The number of aromatic amines is 1. The van der Waals surface area contributed by atoms with E-state index in [-0.39, 0.29) is 11.5 Å². The lowest BCUT2D eigenvalue weighted by molar-refractivity contribution is -0.122. The number of carbonyl (C=O) groups is 2. The Kier molecular flexibility index (Phi) is 5.49. The fourth-order valence-corrected chi connectivity index (χ4v) is 6.16. The Bertz CT molecular complexity index is 1160. The van der Waals surface area contributed by atoms with Crippen LogP contribution in [0.4, 0.5) is 10.5 Å². The van der Waals surface area contributed by atoms with E-state index in [1.807, 2.05) is 6.07 Å². The Balaban J connectivity index is 1.37. The lowest BCUT2D eigenvalue weighted by atomic mass is 9.92. The number of carbonyl (C=O) groups excluding carboxylic acids is 2. The van der Waals surface area contributed by atoms with Crippen LogP contribution >= 0.6 is 0 Å². The third-order valence-corrected chi connectivity index (χ3v) is 8.33. The number of rotatable bonds is 5. The maximum atomic E-state index is 12.9. The van der Waals surface area contributed by atoms with Crippen molar-refractivity contribution in [1.29, 1.82) is 0 Å². The van der Waals surface area contributed by atoms with Crippen LogP contribution in [0.15, 0.2) is 24.3 Å². The zero-order chi connectivity index (χ0) is 23.3. The Morgan fingerprint density at radius 3 is 2.44 bits per heavy atom. The lowest BCUT2D eigenvalue weighted by Gasteiger charge is -2.33. The van der Waals surface area contributed by atoms with Gasteiger partial charge < -0.3 is 15.6 Å². The smallest absolute Gasteiger partial charge is 0.322 e. The van der Waals surface area contributed by atoms with Gasteiger partial charge in [0.2, 0.25) is 10.0 Å². The van der Waals surface area contributed by atoms with Gasteiger partial charge in [0, 0.05) is 46.8 Å². The van der Waals surface area contributed by atoms with Gasteiger partial charge in [0.05, 0.1) is 5.75 Å². The van der Waals surface area contributed by atoms with Crippen molar-refractivity contribution in [3.63, 3.8) is 0 Å². The summed E-state index contributed by atoms with van der Waals surface area (Å²) in [5.74, 6) is -1.06. The summed E-state index contributed by atoms with van der Waals surface area (Å²) in [6.45, 7) is 8.68. The van der Waals surface area contributed by atoms with Gasteiger partial charge in [-0.3, -0.25) is 10.1 Å². The van der Waals surface area contributed by atoms with Crippen LogP contribution in [0, 0.1) is 0 Å². The third-order valence-electron chi connectivity index (χ3n) is 6.24. The molecule has 2 fully saturated rings. The molecule has 32 heavy (non-hydrogen) atoms. The van der Waals surface area contributed by atoms with Gasteiger partial charge >= 0.3 is 6.03 Å². The van der Waals surface area contributed by atoms with E-state index in [0.29, 0.717) is 25.9 Å². The highest BCUT2D eigenvalue weighted by molar-refractivity contribution is 7.89. The van der Waals surface area contributed by atoms with Gasteiger partial charge in [-0.1, -0.05) is 20.8 Å². The van der Waals surface area contributed by atoms with Gasteiger partial charge in [-0.05, 0) is 44.0 Å². The lowest BCUT2D eigenvalue weighted by Crippen LogP contribution is -2.53. The molecule has 2 aliphatic rings. The summed E-state index contributed by atoms with van der Waals surface area (Å²) >= 11 is 0. The van der Waals surface area contributed by atoms with Crippen LogP contribution in [0.1, 0.15) is 46.2 Å². The molecular weight excluding hydrogens is 430 g/mol. The van der Waals surface area contributed by atoms with Gasteiger partial charge in [-0.25, -0.2) is 17.5 Å². The van der Waals surface area contributed by atoms with E-state index < -0.39 is 33.3 Å². The minimum atomic E-state index is -3.69. The first-order valence-corrected chi connectivity index (χ1v) is 12.5. The fraction of sp³-hybridized carbons (Fsp3) is 0.545. The molecule has 0 bridgehead atoms. The van der Waals surface area contributed by atoms with Crippen molar-refractivity contribution in [3.8, 4) is 0 Å². The number of anilines is 1. The summed E-state index contributed by atoms with van der Waals surface area (Å²) in [6, 6.07) is 7.89. The van der Waals surface area contributed by atoms with E-state index in [1.165, 1.54) is 16.9 Å². The molecule has 2 aromatic rings. The van der Waals surface area contributed by atoms with Crippen LogP contribution in [0.5, 0.6) is 0 Å². The third kappa shape index (κ3) is 4.47. The first kappa shape index (κ1) is 22.6. The van der Waals surface area contributed by atoms with E-state index in [9.17, 15) is 18.0 Å². The van der Waals surface area contributed by atoms with Gasteiger partial charge in [0.25, 0.3) is 5.91 Å². The average Bonchev–Trinajstić information content (AvgIpc) is 3.21.